The van der Waals surface area contributed by atoms with Gasteiger partial charge in [0.15, 0.2) is 28.5 Å². The lowest BCUT2D eigenvalue weighted by molar-refractivity contribution is -0.137. The lowest BCUT2D eigenvalue weighted by Crippen LogP contribution is -2.46. The van der Waals surface area contributed by atoms with Crippen LogP contribution in [0.2, 0.25) is 0 Å². The lowest BCUT2D eigenvalue weighted by atomic mass is 10.1. The first-order chi connectivity index (χ1) is 21.8. The zero-order valence-electron chi connectivity index (χ0n) is 24.6. The monoisotopic (exact) mass is 622 g/mol. The van der Waals surface area contributed by atoms with Crippen LogP contribution in [0.15, 0.2) is 48.8 Å². The highest BCUT2D eigenvalue weighted by Crippen LogP contribution is 2.33. The van der Waals surface area contributed by atoms with Gasteiger partial charge in [-0.25, -0.2) is 4.98 Å². The second kappa shape index (κ2) is 12.1. The molecule has 11 nitrogen and oxygen atoms in total. The van der Waals surface area contributed by atoms with Gasteiger partial charge in [-0.15, -0.1) is 0 Å². The predicted molar refractivity (Wildman–Crippen MR) is 160 cm³/mol. The van der Waals surface area contributed by atoms with Gasteiger partial charge in [0, 0.05) is 65.3 Å². The predicted octanol–water partition coefficient (Wildman–Crippen LogP) is 4.13. The highest BCUT2D eigenvalue weighted by molar-refractivity contribution is 5.84. The molecule has 2 aromatic heterocycles. The summed E-state index contributed by atoms with van der Waals surface area (Å²) in [6.07, 6.45) is -1.31. The number of rotatable bonds is 9. The van der Waals surface area contributed by atoms with Gasteiger partial charge in [0.2, 0.25) is 18.6 Å². The summed E-state index contributed by atoms with van der Waals surface area (Å²) >= 11 is 0. The van der Waals surface area contributed by atoms with E-state index in [-0.39, 0.29) is 19.2 Å². The molecule has 14 heteroatoms. The maximum Gasteiger partial charge on any atom is 0.416 e. The maximum atomic E-state index is 13.3. The first-order valence-corrected chi connectivity index (χ1v) is 15.1. The van der Waals surface area contributed by atoms with E-state index in [9.17, 15) is 18.0 Å². The van der Waals surface area contributed by atoms with Crippen molar-refractivity contribution in [1.82, 2.24) is 29.3 Å². The zero-order chi connectivity index (χ0) is 31.0. The lowest BCUT2D eigenvalue weighted by Gasteiger charge is -2.34. The molecule has 1 N–H and O–H groups in total. The summed E-state index contributed by atoms with van der Waals surface area (Å²) in [5, 5.41) is 3.22. The van der Waals surface area contributed by atoms with Crippen molar-refractivity contribution in [1.29, 1.82) is 0 Å². The highest BCUT2D eigenvalue weighted by Gasteiger charge is 2.30. The topological polar surface area (TPSA) is 101 Å². The van der Waals surface area contributed by atoms with Crippen molar-refractivity contribution >= 4 is 28.8 Å². The van der Waals surface area contributed by atoms with Crippen LogP contribution in [0.5, 0.6) is 11.5 Å². The summed E-state index contributed by atoms with van der Waals surface area (Å²) in [6.45, 7) is 5.94. The summed E-state index contributed by atoms with van der Waals surface area (Å²) in [6, 6.07) is 11.3. The summed E-state index contributed by atoms with van der Waals surface area (Å²) in [5.74, 6) is 2.65. The van der Waals surface area contributed by atoms with E-state index in [1.54, 1.807) is 12.4 Å². The third-order valence-corrected chi connectivity index (χ3v) is 8.45. The Balaban J connectivity index is 1.10. The third-order valence-electron chi connectivity index (χ3n) is 8.45. The molecule has 0 bridgehead atoms. The number of aromatic nitrogens is 4. The average molecular weight is 623 g/mol. The molecule has 3 aliphatic heterocycles. The number of fused-ring (bicyclic) bond motifs is 2. The van der Waals surface area contributed by atoms with Gasteiger partial charge in [0.05, 0.1) is 11.9 Å². The minimum Gasteiger partial charge on any atom is -0.454 e. The molecule has 5 heterocycles. The van der Waals surface area contributed by atoms with E-state index in [1.165, 1.54) is 6.07 Å². The molecule has 2 saturated heterocycles. The highest BCUT2D eigenvalue weighted by atomic mass is 19.4. The van der Waals surface area contributed by atoms with Crippen molar-refractivity contribution in [3.05, 3.63) is 65.5 Å². The number of likely N-dealkylation sites (tertiary alicyclic amines) is 1. The van der Waals surface area contributed by atoms with Crippen LogP contribution in [-0.2, 0) is 30.6 Å². The Kier molecular flexibility index (Phi) is 7.81. The second-order valence-electron chi connectivity index (χ2n) is 11.5. The van der Waals surface area contributed by atoms with Gasteiger partial charge < -0.3 is 29.2 Å². The number of nitrogens with one attached hydrogen (secondary N) is 1. The molecule has 0 aliphatic carbocycles. The second-order valence-corrected chi connectivity index (χ2v) is 11.5. The number of anilines is 2. The molecular weight excluding hydrogens is 589 g/mol. The van der Waals surface area contributed by atoms with Crippen molar-refractivity contribution in [3.63, 3.8) is 0 Å². The van der Waals surface area contributed by atoms with E-state index in [2.05, 4.69) is 26.2 Å². The van der Waals surface area contributed by atoms with Crippen molar-refractivity contribution in [2.24, 2.45) is 0 Å². The minimum atomic E-state index is -4.42. The van der Waals surface area contributed by atoms with Crippen LogP contribution in [-0.4, -0.2) is 81.3 Å². The number of hydrogen-bond donors (Lipinski definition) is 1. The van der Waals surface area contributed by atoms with Crippen LogP contribution in [0, 0.1) is 0 Å². The Bertz CT molecular complexity index is 1700. The number of nitrogens with zero attached hydrogens (tertiary/aromatic N) is 7. The van der Waals surface area contributed by atoms with Crippen molar-refractivity contribution in [2.75, 3.05) is 56.3 Å². The summed E-state index contributed by atoms with van der Waals surface area (Å²) in [5.41, 5.74) is 2.06. The minimum absolute atomic E-state index is 0.133. The van der Waals surface area contributed by atoms with E-state index in [0.717, 1.165) is 61.8 Å². The zero-order valence-corrected chi connectivity index (χ0v) is 24.6. The van der Waals surface area contributed by atoms with Crippen LogP contribution in [0.25, 0.3) is 11.2 Å². The van der Waals surface area contributed by atoms with Crippen LogP contribution in [0.1, 0.15) is 29.5 Å². The van der Waals surface area contributed by atoms with Gasteiger partial charge in [0.1, 0.15) is 0 Å². The number of halogens is 3. The molecule has 236 valence electrons. The van der Waals surface area contributed by atoms with Crippen LogP contribution >= 0.6 is 0 Å². The van der Waals surface area contributed by atoms with E-state index in [4.69, 9.17) is 19.4 Å². The van der Waals surface area contributed by atoms with Gasteiger partial charge in [-0.05, 0) is 41.8 Å². The Hall–Kier alpha value is -4.59. The summed E-state index contributed by atoms with van der Waals surface area (Å²) in [7, 11) is 0. The molecule has 0 atom stereocenters. The molecule has 7 rings (SSSR count). The van der Waals surface area contributed by atoms with E-state index in [1.807, 2.05) is 21.6 Å². The number of piperazine rings is 1. The molecule has 45 heavy (non-hydrogen) atoms. The number of benzene rings is 2. The smallest absolute Gasteiger partial charge is 0.416 e. The average Bonchev–Trinajstić information content (AvgIpc) is 3.78. The quantitative estimate of drug-likeness (QED) is 0.295. The fraction of sp³-hybridized carbons (Fsp3) is 0.419. The molecule has 0 saturated carbocycles. The Morgan fingerprint density at radius 3 is 2.56 bits per heavy atom. The summed E-state index contributed by atoms with van der Waals surface area (Å²) < 4.78 is 52.8. The SMILES string of the molecule is O=C1CCCN1CCn1cnc2c(NCc3cccc(C(F)(F)F)c3)nc(N3CCN(Cc4ccc5c(c4)OCO5)CC3)nc21. The molecular formula is C31H33F3N8O3. The fourth-order valence-corrected chi connectivity index (χ4v) is 5.98. The number of hydrogen-bond acceptors (Lipinski definition) is 9. The molecule has 2 aromatic carbocycles. The van der Waals surface area contributed by atoms with Crippen LogP contribution in [0.3, 0.4) is 0 Å². The van der Waals surface area contributed by atoms with Gasteiger partial charge >= 0.3 is 6.18 Å². The molecule has 2 fully saturated rings. The Morgan fingerprint density at radius 2 is 1.76 bits per heavy atom. The molecule has 1 amide bonds. The first kappa shape index (κ1) is 29.1. The standard InChI is InChI=1S/C31H33F3N8O3/c32-31(33,34)23-4-1-3-21(15-23)17-35-28-27-29(42(19-36-27)14-13-40-8-2-5-26(40)43)38-30(37-28)41-11-9-39(10-12-41)18-22-6-7-24-25(16-22)45-20-44-24/h1,3-4,6-7,15-16,19H,2,5,8-14,17-18,20H2,(H,35,37,38). The van der Waals surface area contributed by atoms with Gasteiger partial charge in [-0.2, -0.15) is 23.1 Å². The maximum absolute atomic E-state index is 13.3. The molecule has 3 aliphatic rings. The fourth-order valence-electron chi connectivity index (χ4n) is 5.98. The third kappa shape index (κ3) is 6.32. The van der Waals surface area contributed by atoms with Gasteiger partial charge in [-0.1, -0.05) is 18.2 Å². The first-order valence-electron chi connectivity index (χ1n) is 15.1. The van der Waals surface area contributed by atoms with Gasteiger partial charge in [-0.3, -0.25) is 9.69 Å². The van der Waals surface area contributed by atoms with Crippen molar-refractivity contribution in [3.8, 4) is 11.5 Å². The van der Waals surface area contributed by atoms with Gasteiger partial charge in [0.25, 0.3) is 0 Å². The van der Waals surface area contributed by atoms with Crippen LogP contribution in [0.4, 0.5) is 24.9 Å². The van der Waals surface area contributed by atoms with E-state index in [0.29, 0.717) is 61.1 Å². The Morgan fingerprint density at radius 1 is 0.911 bits per heavy atom. The Labute approximate surface area is 257 Å². The van der Waals surface area contributed by atoms with E-state index >= 15 is 0 Å². The summed E-state index contributed by atoms with van der Waals surface area (Å²) in [4.78, 5) is 32.8. The molecule has 0 radical (unpaired) electrons. The molecule has 0 unspecified atom stereocenters. The largest absolute Gasteiger partial charge is 0.454 e. The number of carbonyl (C=O) groups is 1. The number of imidazole rings is 1. The van der Waals surface area contributed by atoms with Crippen molar-refractivity contribution in [2.45, 2.75) is 38.7 Å². The number of amides is 1. The number of ether oxygens (including phenoxy) is 2. The number of carbonyl (C=O) groups excluding carboxylic acids is 1. The molecule has 4 aromatic rings. The van der Waals surface area contributed by atoms with Crippen LogP contribution < -0.4 is 19.7 Å². The molecule has 0 spiro atoms. The normalized spacial score (nSPS) is 17.1. The van der Waals surface area contributed by atoms with Crippen molar-refractivity contribution < 1.29 is 27.4 Å². The van der Waals surface area contributed by atoms with E-state index < -0.39 is 11.7 Å². The number of alkyl halides is 3.